The van der Waals surface area contributed by atoms with Gasteiger partial charge in [-0.15, -0.1) is 11.3 Å². The van der Waals surface area contributed by atoms with Gasteiger partial charge >= 0.3 is 0 Å². The third kappa shape index (κ3) is 4.15. The van der Waals surface area contributed by atoms with Crippen LogP contribution in [-0.2, 0) is 11.2 Å². The van der Waals surface area contributed by atoms with Gasteiger partial charge in [0, 0.05) is 54.7 Å². The Morgan fingerprint density at radius 2 is 2.11 bits per heavy atom. The molecule has 0 spiro atoms. The number of amidine groups is 1. The summed E-state index contributed by atoms with van der Waals surface area (Å²) in [5.74, 6) is 1.15. The number of hydrogen-bond donors (Lipinski definition) is 0. The van der Waals surface area contributed by atoms with E-state index in [2.05, 4.69) is 54.1 Å². The average molecular weight is 416 g/mol. The molecule has 2 aromatic rings. The van der Waals surface area contributed by atoms with Gasteiger partial charge in [-0.1, -0.05) is 37.2 Å². The van der Waals surface area contributed by atoms with E-state index in [-0.39, 0.29) is 0 Å². The Bertz CT molecular complexity index is 848. The fraction of sp³-hybridized carbons (Fsp3) is 0.500. The molecule has 0 amide bonds. The maximum atomic E-state index is 5.35. The molecule has 150 valence electrons. The maximum Gasteiger partial charge on any atom is 0.138 e. The number of rotatable bonds is 5. The van der Waals surface area contributed by atoms with Crippen molar-refractivity contribution < 1.29 is 4.74 Å². The summed E-state index contributed by atoms with van der Waals surface area (Å²) in [4.78, 5) is 12.9. The number of ether oxygens (including phenoxy) is 1. The van der Waals surface area contributed by atoms with Gasteiger partial charge < -0.3 is 9.64 Å². The Kier molecular flexibility index (Phi) is 6.41. The minimum atomic E-state index is 0.500. The van der Waals surface area contributed by atoms with E-state index in [0.29, 0.717) is 6.04 Å². The predicted molar refractivity (Wildman–Crippen MR) is 120 cm³/mol. The molecule has 0 N–H and O–H groups in total. The van der Waals surface area contributed by atoms with Crippen LogP contribution in [0.2, 0.25) is 0 Å². The van der Waals surface area contributed by atoms with Crippen molar-refractivity contribution in [1.29, 1.82) is 0 Å². The van der Waals surface area contributed by atoms with Crippen molar-refractivity contribution in [2.75, 3.05) is 40.4 Å². The molecule has 1 saturated heterocycles. The third-order valence-corrected chi connectivity index (χ3v) is 7.97. The molecule has 0 bridgehead atoms. The van der Waals surface area contributed by atoms with Crippen LogP contribution in [0.4, 0.5) is 5.69 Å². The minimum Gasteiger partial charge on any atom is -0.385 e. The molecule has 0 saturated carbocycles. The topological polar surface area (TPSA) is 28.1 Å². The second-order valence-electron chi connectivity index (χ2n) is 7.53. The van der Waals surface area contributed by atoms with Gasteiger partial charge in [-0.25, -0.2) is 4.99 Å². The molecule has 6 heteroatoms. The number of methoxy groups -OCH3 is 1. The Morgan fingerprint density at radius 3 is 2.93 bits per heavy atom. The van der Waals surface area contributed by atoms with Crippen molar-refractivity contribution in [3.8, 4) is 0 Å². The predicted octanol–water partition coefficient (Wildman–Crippen LogP) is 4.90. The van der Waals surface area contributed by atoms with Crippen LogP contribution in [0.1, 0.15) is 30.2 Å². The number of aryl methyl sites for hydroxylation is 1. The Morgan fingerprint density at radius 1 is 1.25 bits per heavy atom. The summed E-state index contributed by atoms with van der Waals surface area (Å²) in [6, 6.07) is 11.4. The van der Waals surface area contributed by atoms with Gasteiger partial charge in [-0.3, -0.25) is 4.90 Å². The highest BCUT2D eigenvalue weighted by molar-refractivity contribution is 8.01. The lowest BCUT2D eigenvalue weighted by Gasteiger charge is -2.41. The molecule has 0 unspecified atom stereocenters. The summed E-state index contributed by atoms with van der Waals surface area (Å²) in [6.07, 6.45) is 3.38. The lowest BCUT2D eigenvalue weighted by atomic mass is 10.1. The summed E-state index contributed by atoms with van der Waals surface area (Å²) < 4.78 is 6.74. The van der Waals surface area contributed by atoms with Gasteiger partial charge in [0.15, 0.2) is 0 Å². The standard InChI is InChI=1S/C22H29N3OS2/c1-4-7-17-14-18-21(25-12-11-24(2)16(15-25)10-13-26-3)23-19-8-5-6-9-20(19)28-22(18)27-17/h5-6,8-9,14,16H,4,7,10-13,15H2,1-3H3/t16-/m0/s1. The van der Waals surface area contributed by atoms with E-state index in [0.717, 1.165) is 50.6 Å². The van der Waals surface area contributed by atoms with Gasteiger partial charge in [0.1, 0.15) is 5.84 Å². The Hall–Kier alpha value is -1.34. The summed E-state index contributed by atoms with van der Waals surface area (Å²) in [7, 11) is 4.02. The summed E-state index contributed by atoms with van der Waals surface area (Å²) >= 11 is 3.82. The molecule has 4 rings (SSSR count). The van der Waals surface area contributed by atoms with Crippen LogP contribution in [0.5, 0.6) is 0 Å². The Balaban J connectivity index is 1.70. The van der Waals surface area contributed by atoms with E-state index >= 15 is 0 Å². The van der Waals surface area contributed by atoms with Crippen molar-refractivity contribution in [2.45, 2.75) is 41.3 Å². The molecule has 1 fully saturated rings. The number of likely N-dealkylation sites (N-methyl/N-ethyl adjacent to an activating group) is 1. The highest BCUT2D eigenvalue weighted by Crippen LogP contribution is 2.44. The highest BCUT2D eigenvalue weighted by Gasteiger charge is 2.30. The average Bonchev–Trinajstić information content (AvgIpc) is 3.02. The van der Waals surface area contributed by atoms with Crippen LogP contribution in [0.25, 0.3) is 0 Å². The smallest absolute Gasteiger partial charge is 0.138 e. The van der Waals surface area contributed by atoms with Crippen molar-refractivity contribution >= 4 is 34.6 Å². The van der Waals surface area contributed by atoms with Gasteiger partial charge in [0.25, 0.3) is 0 Å². The molecule has 2 aliphatic heterocycles. The molecule has 0 aliphatic carbocycles. The van der Waals surface area contributed by atoms with Crippen LogP contribution < -0.4 is 0 Å². The summed E-state index contributed by atoms with van der Waals surface area (Å²) in [5.41, 5.74) is 2.42. The summed E-state index contributed by atoms with van der Waals surface area (Å²) in [5, 5.41) is 0. The number of fused-ring (bicyclic) bond motifs is 2. The first-order chi connectivity index (χ1) is 13.7. The number of thiophene rings is 1. The minimum absolute atomic E-state index is 0.500. The molecule has 28 heavy (non-hydrogen) atoms. The van der Waals surface area contributed by atoms with Crippen LogP contribution >= 0.6 is 23.1 Å². The van der Waals surface area contributed by atoms with Crippen LogP contribution in [-0.4, -0.2) is 62.1 Å². The summed E-state index contributed by atoms with van der Waals surface area (Å²) in [6.45, 7) is 6.14. The molecular formula is C22H29N3OS2. The van der Waals surface area contributed by atoms with E-state index in [1.165, 1.54) is 26.0 Å². The number of nitrogens with zero attached hydrogens (tertiary/aromatic N) is 3. The molecule has 4 nitrogen and oxygen atoms in total. The van der Waals surface area contributed by atoms with Crippen LogP contribution in [0, 0.1) is 0 Å². The van der Waals surface area contributed by atoms with Gasteiger partial charge in [-0.2, -0.15) is 0 Å². The van der Waals surface area contributed by atoms with Crippen molar-refractivity contribution in [3.05, 3.63) is 40.8 Å². The van der Waals surface area contributed by atoms with Crippen molar-refractivity contribution in [2.24, 2.45) is 4.99 Å². The molecule has 1 aromatic carbocycles. The van der Waals surface area contributed by atoms with Crippen LogP contribution in [0.15, 0.2) is 44.4 Å². The molecule has 2 aliphatic rings. The first kappa shape index (κ1) is 20.0. The number of aliphatic imine (C=N–C) groups is 1. The zero-order chi connectivity index (χ0) is 19.5. The fourth-order valence-electron chi connectivity index (χ4n) is 3.88. The van der Waals surface area contributed by atoms with Gasteiger partial charge in [-0.05, 0) is 38.1 Å². The van der Waals surface area contributed by atoms with E-state index in [4.69, 9.17) is 9.73 Å². The van der Waals surface area contributed by atoms with E-state index in [1.807, 2.05) is 23.1 Å². The monoisotopic (exact) mass is 415 g/mol. The van der Waals surface area contributed by atoms with E-state index in [1.54, 1.807) is 7.11 Å². The molecular weight excluding hydrogens is 386 g/mol. The second kappa shape index (κ2) is 8.99. The van der Waals surface area contributed by atoms with Crippen molar-refractivity contribution in [3.63, 3.8) is 0 Å². The molecule has 3 heterocycles. The largest absolute Gasteiger partial charge is 0.385 e. The molecule has 1 aromatic heterocycles. The zero-order valence-electron chi connectivity index (χ0n) is 17.0. The van der Waals surface area contributed by atoms with Gasteiger partial charge in [0.05, 0.1) is 9.90 Å². The highest BCUT2D eigenvalue weighted by atomic mass is 32.2. The maximum absolute atomic E-state index is 5.35. The normalized spacial score (nSPS) is 19.8. The van der Waals surface area contributed by atoms with E-state index in [9.17, 15) is 0 Å². The quantitative estimate of drug-likeness (QED) is 0.695. The SMILES string of the molecule is CCCc1cc2c(s1)Sc1ccccc1N=C2N1CCN(C)[C@@H](CCOC)C1. The fourth-order valence-corrected chi connectivity index (χ4v) is 6.44. The number of benzene rings is 1. The zero-order valence-corrected chi connectivity index (χ0v) is 18.6. The van der Waals surface area contributed by atoms with Gasteiger partial charge in [0.2, 0.25) is 0 Å². The first-order valence-electron chi connectivity index (χ1n) is 10.1. The van der Waals surface area contributed by atoms with Crippen molar-refractivity contribution in [1.82, 2.24) is 9.80 Å². The van der Waals surface area contributed by atoms with E-state index < -0.39 is 0 Å². The third-order valence-electron chi connectivity index (χ3n) is 5.51. The number of hydrogen-bond acceptors (Lipinski definition) is 6. The Labute approximate surface area is 176 Å². The lowest BCUT2D eigenvalue weighted by molar-refractivity contribution is 0.100. The number of para-hydroxylation sites is 1. The second-order valence-corrected chi connectivity index (χ2v) is 9.98. The lowest BCUT2D eigenvalue weighted by Crippen LogP contribution is -2.53. The molecule has 1 atom stereocenters. The van der Waals surface area contributed by atoms with Crippen LogP contribution in [0.3, 0.4) is 0 Å². The number of piperazine rings is 1. The first-order valence-corrected chi connectivity index (χ1v) is 11.8. The molecule has 0 radical (unpaired) electrons.